The molecule has 2 aromatic rings. The number of nitrogens with one attached hydrogen (secondary N) is 2. The van der Waals surface area contributed by atoms with Crippen molar-refractivity contribution in [1.82, 2.24) is 10.6 Å². The van der Waals surface area contributed by atoms with E-state index in [0.29, 0.717) is 33.7 Å². The van der Waals surface area contributed by atoms with Gasteiger partial charge in [-0.05, 0) is 43.8 Å². The highest BCUT2D eigenvalue weighted by molar-refractivity contribution is 7.80. The third-order valence-corrected chi connectivity index (χ3v) is 5.93. The van der Waals surface area contributed by atoms with Gasteiger partial charge in [-0.2, -0.15) is 0 Å². The summed E-state index contributed by atoms with van der Waals surface area (Å²) < 4.78 is 6.39. The molecule has 1 fully saturated rings. The van der Waals surface area contributed by atoms with Gasteiger partial charge in [0, 0.05) is 41.0 Å². The predicted octanol–water partition coefficient (Wildman–Crippen LogP) is 4.96. The highest BCUT2D eigenvalue weighted by Crippen LogP contribution is 2.51. The number of phenolic OH excluding ortho intramolecular Hbond substituents is 1. The Morgan fingerprint density at radius 3 is 2.59 bits per heavy atom. The van der Waals surface area contributed by atoms with E-state index in [1.54, 1.807) is 6.07 Å². The summed E-state index contributed by atoms with van der Waals surface area (Å²) >= 11 is 18.5. The molecule has 0 amide bonds. The van der Waals surface area contributed by atoms with Gasteiger partial charge in [-0.25, -0.2) is 0 Å². The van der Waals surface area contributed by atoms with Crippen molar-refractivity contribution in [1.29, 1.82) is 0 Å². The largest absolute Gasteiger partial charge is 0.508 e. The summed E-state index contributed by atoms with van der Waals surface area (Å²) in [6.07, 6.45) is 1.29. The summed E-state index contributed by atoms with van der Waals surface area (Å²) in [5, 5.41) is 18.3. The molecule has 0 bridgehead atoms. The number of thiocarbonyl (C=S) groups is 1. The first-order valence-electron chi connectivity index (χ1n) is 8.74. The maximum Gasteiger partial charge on any atom is 0.185 e. The maximum atomic E-state index is 10.1. The summed E-state index contributed by atoms with van der Waals surface area (Å²) in [7, 11) is 0. The minimum absolute atomic E-state index is 0.0597. The first-order chi connectivity index (χ1) is 12.7. The Labute approximate surface area is 173 Å². The van der Waals surface area contributed by atoms with Crippen LogP contribution < -0.4 is 15.4 Å². The fourth-order valence-corrected chi connectivity index (χ4v) is 5.31. The minimum Gasteiger partial charge on any atom is -0.508 e. The number of halogens is 2. The molecule has 0 radical (unpaired) electrons. The molecule has 142 valence electrons. The molecular weight excluding hydrogens is 403 g/mol. The Hall–Kier alpha value is -1.69. The van der Waals surface area contributed by atoms with Crippen molar-refractivity contribution in [2.24, 2.45) is 0 Å². The highest BCUT2D eigenvalue weighted by atomic mass is 35.5. The lowest BCUT2D eigenvalue weighted by Crippen LogP contribution is -2.69. The molecule has 4 rings (SSSR count). The Morgan fingerprint density at radius 2 is 1.89 bits per heavy atom. The molecule has 0 aliphatic carbocycles. The smallest absolute Gasteiger partial charge is 0.185 e. The van der Waals surface area contributed by atoms with Crippen LogP contribution in [0.3, 0.4) is 0 Å². The van der Waals surface area contributed by atoms with E-state index >= 15 is 0 Å². The molecule has 2 heterocycles. The molecule has 2 aliphatic rings. The molecule has 0 aromatic heterocycles. The number of hydrogen-bond acceptors (Lipinski definition) is 3. The molecule has 2 unspecified atom stereocenters. The third kappa shape index (κ3) is 3.44. The van der Waals surface area contributed by atoms with Crippen LogP contribution in [-0.4, -0.2) is 21.5 Å². The van der Waals surface area contributed by atoms with Crippen LogP contribution in [0.2, 0.25) is 10.0 Å². The zero-order chi connectivity index (χ0) is 19.4. The van der Waals surface area contributed by atoms with Crippen LogP contribution in [-0.2, 0) is 0 Å². The van der Waals surface area contributed by atoms with E-state index < -0.39 is 5.72 Å². The second-order valence-corrected chi connectivity index (χ2v) is 9.08. The van der Waals surface area contributed by atoms with E-state index in [2.05, 4.69) is 24.5 Å². The SMILES string of the molecule is CC1(C)CC2(CC(c3ccccc3Cl)c3c(Cl)cc(O)cc3O2)NC(=S)N1. The summed E-state index contributed by atoms with van der Waals surface area (Å²) in [6, 6.07) is 10.9. The summed E-state index contributed by atoms with van der Waals surface area (Å²) in [5.74, 6) is 0.508. The van der Waals surface area contributed by atoms with E-state index in [-0.39, 0.29) is 17.2 Å². The molecule has 7 heteroatoms. The monoisotopic (exact) mass is 422 g/mol. The fraction of sp³-hybridized carbons (Fsp3) is 0.350. The summed E-state index contributed by atoms with van der Waals surface area (Å²) in [4.78, 5) is 0. The van der Waals surface area contributed by atoms with Gasteiger partial charge in [0.15, 0.2) is 10.8 Å². The van der Waals surface area contributed by atoms with Crippen LogP contribution in [0.5, 0.6) is 11.5 Å². The first kappa shape index (κ1) is 18.7. The third-order valence-electron chi connectivity index (χ3n) is 5.07. The second kappa shape index (κ2) is 6.43. The lowest BCUT2D eigenvalue weighted by Gasteiger charge is -2.50. The number of rotatable bonds is 1. The van der Waals surface area contributed by atoms with Crippen LogP contribution in [0.4, 0.5) is 0 Å². The predicted molar refractivity (Wildman–Crippen MR) is 112 cm³/mol. The van der Waals surface area contributed by atoms with Crippen LogP contribution >= 0.6 is 35.4 Å². The van der Waals surface area contributed by atoms with Gasteiger partial charge in [0.2, 0.25) is 0 Å². The molecule has 2 aliphatic heterocycles. The van der Waals surface area contributed by atoms with Gasteiger partial charge in [-0.3, -0.25) is 0 Å². The van der Waals surface area contributed by atoms with Crippen LogP contribution in [0.1, 0.15) is 43.7 Å². The number of benzene rings is 2. The van der Waals surface area contributed by atoms with E-state index in [4.69, 9.17) is 40.2 Å². The Morgan fingerprint density at radius 1 is 1.15 bits per heavy atom. The van der Waals surface area contributed by atoms with Crippen molar-refractivity contribution in [3.63, 3.8) is 0 Å². The van der Waals surface area contributed by atoms with Crippen molar-refractivity contribution in [2.45, 2.75) is 43.9 Å². The number of ether oxygens (including phenoxy) is 1. The highest BCUT2D eigenvalue weighted by Gasteiger charge is 2.49. The first-order valence-corrected chi connectivity index (χ1v) is 9.91. The zero-order valence-corrected chi connectivity index (χ0v) is 17.3. The molecule has 0 saturated carbocycles. The number of aromatic hydroxyl groups is 1. The fourth-order valence-electron chi connectivity index (χ4n) is 4.24. The zero-order valence-electron chi connectivity index (χ0n) is 15.0. The van der Waals surface area contributed by atoms with Crippen molar-refractivity contribution in [2.75, 3.05) is 0 Å². The van der Waals surface area contributed by atoms with Gasteiger partial charge in [-0.15, -0.1) is 0 Å². The van der Waals surface area contributed by atoms with E-state index in [1.165, 1.54) is 6.07 Å². The Bertz CT molecular complexity index is 934. The van der Waals surface area contributed by atoms with Crippen LogP contribution in [0.15, 0.2) is 36.4 Å². The summed E-state index contributed by atoms with van der Waals surface area (Å²) in [6.45, 7) is 4.17. The molecule has 4 nitrogen and oxygen atoms in total. The van der Waals surface area contributed by atoms with E-state index in [1.807, 2.05) is 24.3 Å². The Balaban J connectivity index is 1.89. The van der Waals surface area contributed by atoms with Gasteiger partial charge >= 0.3 is 0 Å². The lowest BCUT2D eigenvalue weighted by atomic mass is 9.77. The van der Waals surface area contributed by atoms with Gasteiger partial charge in [-0.1, -0.05) is 41.4 Å². The van der Waals surface area contributed by atoms with Crippen molar-refractivity contribution in [3.8, 4) is 11.5 Å². The standard InChI is InChI=1S/C20H20Cl2N2O2S/c1-19(2)10-20(24-18(27)23-19)9-13(12-5-3-4-6-14(12)21)17-15(22)7-11(25)8-16(17)26-20/h3-8,13,25H,9-10H2,1-2H3,(H2,23,24,27). The topological polar surface area (TPSA) is 53.5 Å². The molecule has 2 aromatic carbocycles. The molecule has 1 spiro atoms. The average molecular weight is 423 g/mol. The molecular formula is C20H20Cl2N2O2S. The van der Waals surface area contributed by atoms with Gasteiger partial charge in [0.25, 0.3) is 0 Å². The second-order valence-electron chi connectivity index (χ2n) is 7.85. The van der Waals surface area contributed by atoms with Crippen LogP contribution in [0.25, 0.3) is 0 Å². The van der Waals surface area contributed by atoms with Crippen LogP contribution in [0, 0.1) is 0 Å². The lowest BCUT2D eigenvalue weighted by molar-refractivity contribution is -0.0128. The molecule has 2 atom stereocenters. The minimum atomic E-state index is -0.722. The molecule has 1 saturated heterocycles. The van der Waals surface area contributed by atoms with E-state index in [0.717, 1.165) is 11.1 Å². The summed E-state index contributed by atoms with van der Waals surface area (Å²) in [5.41, 5.74) is 0.836. The Kier molecular flexibility index (Phi) is 4.45. The number of fused-ring (bicyclic) bond motifs is 1. The van der Waals surface area contributed by atoms with Gasteiger partial charge in [0.05, 0.1) is 5.02 Å². The normalized spacial score (nSPS) is 25.9. The quantitative estimate of drug-likeness (QED) is 0.567. The van der Waals surface area contributed by atoms with Crippen molar-refractivity contribution < 1.29 is 9.84 Å². The molecule has 27 heavy (non-hydrogen) atoms. The van der Waals surface area contributed by atoms with Gasteiger partial charge in [0.1, 0.15) is 11.5 Å². The number of phenols is 1. The van der Waals surface area contributed by atoms with Crippen molar-refractivity contribution >= 4 is 40.5 Å². The van der Waals surface area contributed by atoms with Crippen molar-refractivity contribution in [3.05, 3.63) is 57.6 Å². The number of hydrogen-bond donors (Lipinski definition) is 3. The average Bonchev–Trinajstić information content (AvgIpc) is 2.51. The maximum absolute atomic E-state index is 10.1. The molecule has 3 N–H and O–H groups in total. The van der Waals surface area contributed by atoms with Gasteiger partial charge < -0.3 is 20.5 Å². The van der Waals surface area contributed by atoms with E-state index in [9.17, 15) is 5.11 Å².